The van der Waals surface area contributed by atoms with E-state index in [9.17, 15) is 4.79 Å². The fraction of sp³-hybridized carbons (Fsp3) is 0.286. The summed E-state index contributed by atoms with van der Waals surface area (Å²) in [5, 5.41) is 0. The molecule has 1 N–H and O–H groups in total. The van der Waals surface area contributed by atoms with Gasteiger partial charge in [0.25, 0.3) is 5.56 Å². The van der Waals surface area contributed by atoms with Crippen molar-refractivity contribution in [3.63, 3.8) is 0 Å². The zero-order valence-electron chi connectivity index (χ0n) is 10.7. The third kappa shape index (κ3) is 2.97. The van der Waals surface area contributed by atoms with E-state index >= 15 is 0 Å². The molecule has 0 aliphatic heterocycles. The first-order chi connectivity index (χ1) is 8.54. The Bertz CT molecular complexity index is 585. The minimum absolute atomic E-state index is 0.212. The molecule has 0 fully saturated rings. The zero-order valence-corrected chi connectivity index (χ0v) is 10.7. The molecule has 0 unspecified atom stereocenters. The summed E-state index contributed by atoms with van der Waals surface area (Å²) in [6, 6.07) is 9.13. The molecule has 0 atom stereocenters. The maximum absolute atomic E-state index is 11.3. The molecule has 94 valence electrons. The first kappa shape index (κ1) is 12.4. The van der Waals surface area contributed by atoms with Crippen molar-refractivity contribution in [2.24, 2.45) is 0 Å². The highest BCUT2D eigenvalue weighted by molar-refractivity contribution is 5.31. The summed E-state index contributed by atoms with van der Waals surface area (Å²) in [7, 11) is 0. The van der Waals surface area contributed by atoms with Crippen molar-refractivity contribution in [1.29, 1.82) is 0 Å². The van der Waals surface area contributed by atoms with E-state index in [4.69, 9.17) is 4.74 Å². The van der Waals surface area contributed by atoms with Gasteiger partial charge in [0.2, 0.25) is 5.88 Å². The van der Waals surface area contributed by atoms with Gasteiger partial charge in [0.15, 0.2) is 0 Å². The van der Waals surface area contributed by atoms with Crippen LogP contribution >= 0.6 is 0 Å². The SMILES string of the molecule is Cc1nc(Oc2ccc(C(C)C)cc2)cc(=O)[nH]1. The lowest BCUT2D eigenvalue weighted by Gasteiger charge is -2.08. The van der Waals surface area contributed by atoms with Gasteiger partial charge in [0.05, 0.1) is 6.07 Å². The molecule has 4 heteroatoms. The van der Waals surface area contributed by atoms with E-state index < -0.39 is 0 Å². The Kier molecular flexibility index (Phi) is 3.46. The number of nitrogens with zero attached hydrogens (tertiary/aromatic N) is 1. The lowest BCUT2D eigenvalue weighted by atomic mass is 10.0. The number of aromatic nitrogens is 2. The van der Waals surface area contributed by atoms with E-state index in [1.165, 1.54) is 11.6 Å². The van der Waals surface area contributed by atoms with Gasteiger partial charge in [-0.25, -0.2) is 4.98 Å². The number of hydrogen-bond donors (Lipinski definition) is 1. The van der Waals surface area contributed by atoms with Gasteiger partial charge in [-0.05, 0) is 30.5 Å². The van der Waals surface area contributed by atoms with Crippen LogP contribution in [0.15, 0.2) is 35.1 Å². The Morgan fingerprint density at radius 1 is 1.22 bits per heavy atom. The number of ether oxygens (including phenoxy) is 1. The van der Waals surface area contributed by atoms with E-state index in [-0.39, 0.29) is 5.56 Å². The maximum atomic E-state index is 11.3. The molecule has 0 bridgehead atoms. The molecule has 0 aliphatic rings. The monoisotopic (exact) mass is 244 g/mol. The van der Waals surface area contributed by atoms with Gasteiger partial charge in [-0.2, -0.15) is 0 Å². The average molecular weight is 244 g/mol. The smallest absolute Gasteiger partial charge is 0.254 e. The molecule has 0 saturated heterocycles. The van der Waals surface area contributed by atoms with Crippen molar-refractivity contribution in [2.45, 2.75) is 26.7 Å². The molecule has 0 spiro atoms. The van der Waals surface area contributed by atoms with Gasteiger partial charge in [-0.1, -0.05) is 26.0 Å². The maximum Gasteiger partial charge on any atom is 0.254 e. The summed E-state index contributed by atoms with van der Waals surface area (Å²) in [6.45, 7) is 5.99. The summed E-state index contributed by atoms with van der Waals surface area (Å²) in [6.07, 6.45) is 0. The summed E-state index contributed by atoms with van der Waals surface area (Å²) in [4.78, 5) is 18.0. The number of rotatable bonds is 3. The standard InChI is InChI=1S/C14H16N2O2/c1-9(2)11-4-6-12(7-5-11)18-14-8-13(17)15-10(3)16-14/h4-9H,1-3H3,(H,15,16,17). The van der Waals surface area contributed by atoms with Gasteiger partial charge in [0.1, 0.15) is 11.6 Å². The molecule has 1 heterocycles. The molecule has 0 aliphatic carbocycles. The van der Waals surface area contributed by atoms with Crippen LogP contribution in [-0.4, -0.2) is 9.97 Å². The van der Waals surface area contributed by atoms with Gasteiger partial charge in [0, 0.05) is 0 Å². The Morgan fingerprint density at radius 2 is 1.89 bits per heavy atom. The number of hydrogen-bond acceptors (Lipinski definition) is 3. The Morgan fingerprint density at radius 3 is 2.44 bits per heavy atom. The van der Waals surface area contributed by atoms with Crippen LogP contribution in [0.3, 0.4) is 0 Å². The summed E-state index contributed by atoms with van der Waals surface area (Å²) in [5.41, 5.74) is 1.04. The molecule has 18 heavy (non-hydrogen) atoms. The fourth-order valence-electron chi connectivity index (χ4n) is 1.65. The Balaban J connectivity index is 2.20. The van der Waals surface area contributed by atoms with Crippen molar-refractivity contribution in [1.82, 2.24) is 9.97 Å². The van der Waals surface area contributed by atoms with Gasteiger partial charge >= 0.3 is 0 Å². The van der Waals surface area contributed by atoms with Gasteiger partial charge < -0.3 is 9.72 Å². The van der Waals surface area contributed by atoms with Crippen LogP contribution in [0, 0.1) is 6.92 Å². The van der Waals surface area contributed by atoms with E-state index in [1.54, 1.807) is 6.92 Å². The molecule has 0 amide bonds. The van der Waals surface area contributed by atoms with Crippen LogP contribution in [0.1, 0.15) is 31.2 Å². The van der Waals surface area contributed by atoms with Crippen LogP contribution in [0.4, 0.5) is 0 Å². The van der Waals surface area contributed by atoms with E-state index in [0.29, 0.717) is 23.4 Å². The van der Waals surface area contributed by atoms with Crippen molar-refractivity contribution in [2.75, 3.05) is 0 Å². The normalized spacial score (nSPS) is 10.7. The topological polar surface area (TPSA) is 55.0 Å². The molecular formula is C14H16N2O2. The predicted molar refractivity (Wildman–Crippen MR) is 70.2 cm³/mol. The first-order valence-corrected chi connectivity index (χ1v) is 5.90. The average Bonchev–Trinajstić information content (AvgIpc) is 2.28. The van der Waals surface area contributed by atoms with Crippen LogP contribution in [0.2, 0.25) is 0 Å². The number of aromatic amines is 1. The summed E-state index contributed by atoms with van der Waals surface area (Å²) in [5.74, 6) is 2.01. The molecule has 2 aromatic rings. The fourth-order valence-corrected chi connectivity index (χ4v) is 1.65. The van der Waals surface area contributed by atoms with E-state index in [1.807, 2.05) is 24.3 Å². The predicted octanol–water partition coefficient (Wildman–Crippen LogP) is 2.99. The highest BCUT2D eigenvalue weighted by Crippen LogP contribution is 2.21. The highest BCUT2D eigenvalue weighted by Gasteiger charge is 2.03. The largest absolute Gasteiger partial charge is 0.439 e. The van der Waals surface area contributed by atoms with Crippen LogP contribution in [0.25, 0.3) is 0 Å². The summed E-state index contributed by atoms with van der Waals surface area (Å²) >= 11 is 0. The second-order valence-corrected chi connectivity index (χ2v) is 4.49. The van der Waals surface area contributed by atoms with E-state index in [2.05, 4.69) is 23.8 Å². The molecular weight excluding hydrogens is 228 g/mol. The van der Waals surface area contributed by atoms with Crippen LogP contribution in [0.5, 0.6) is 11.6 Å². The third-order valence-corrected chi connectivity index (χ3v) is 2.61. The molecule has 4 nitrogen and oxygen atoms in total. The zero-order chi connectivity index (χ0) is 13.1. The molecule has 0 radical (unpaired) electrons. The summed E-state index contributed by atoms with van der Waals surface area (Å²) < 4.78 is 5.54. The highest BCUT2D eigenvalue weighted by atomic mass is 16.5. The molecule has 2 rings (SSSR count). The quantitative estimate of drug-likeness (QED) is 0.903. The van der Waals surface area contributed by atoms with Crippen molar-refractivity contribution < 1.29 is 4.74 Å². The first-order valence-electron chi connectivity index (χ1n) is 5.90. The third-order valence-electron chi connectivity index (χ3n) is 2.61. The molecule has 0 saturated carbocycles. The second kappa shape index (κ2) is 5.04. The van der Waals surface area contributed by atoms with Crippen LogP contribution in [-0.2, 0) is 0 Å². The number of nitrogens with one attached hydrogen (secondary N) is 1. The van der Waals surface area contributed by atoms with Crippen molar-refractivity contribution >= 4 is 0 Å². The lowest BCUT2D eigenvalue weighted by Crippen LogP contribution is -2.08. The second-order valence-electron chi connectivity index (χ2n) is 4.49. The minimum atomic E-state index is -0.212. The van der Waals surface area contributed by atoms with E-state index in [0.717, 1.165) is 0 Å². The lowest BCUT2D eigenvalue weighted by molar-refractivity contribution is 0.458. The number of benzene rings is 1. The van der Waals surface area contributed by atoms with Gasteiger partial charge in [-0.3, -0.25) is 4.79 Å². The Labute approximate surface area is 106 Å². The van der Waals surface area contributed by atoms with Crippen LogP contribution < -0.4 is 10.3 Å². The number of aryl methyl sites for hydroxylation is 1. The molecule has 1 aromatic carbocycles. The molecule has 1 aromatic heterocycles. The van der Waals surface area contributed by atoms with Gasteiger partial charge in [-0.15, -0.1) is 0 Å². The Hall–Kier alpha value is -2.10. The minimum Gasteiger partial charge on any atom is -0.439 e. The van der Waals surface area contributed by atoms with Crippen molar-refractivity contribution in [3.8, 4) is 11.6 Å². The van der Waals surface area contributed by atoms with Crippen molar-refractivity contribution in [3.05, 3.63) is 52.1 Å². The number of H-pyrrole nitrogens is 1.